The Morgan fingerprint density at radius 2 is 1.71 bits per heavy atom. The van der Waals surface area contributed by atoms with Gasteiger partial charge in [0.2, 0.25) is 0 Å². The smallest absolute Gasteiger partial charge is 0.00179 e. The Bertz CT molecular complexity index is 161. The van der Waals surface area contributed by atoms with Gasteiger partial charge in [0.05, 0.1) is 0 Å². The highest BCUT2D eigenvalue weighted by atomic mass is 14.9. The van der Waals surface area contributed by atoms with Crippen LogP contribution in [0.4, 0.5) is 0 Å². The van der Waals surface area contributed by atoms with Gasteiger partial charge < -0.3 is 5.32 Å². The van der Waals surface area contributed by atoms with Crippen molar-refractivity contribution in [3.05, 3.63) is 0 Å². The highest BCUT2D eigenvalue weighted by Crippen LogP contribution is 2.30. The second kappa shape index (κ2) is 5.16. The lowest BCUT2D eigenvalue weighted by Crippen LogP contribution is -2.28. The summed E-state index contributed by atoms with van der Waals surface area (Å²) in [6.45, 7) is 5.01. The van der Waals surface area contributed by atoms with Gasteiger partial charge in [-0.3, -0.25) is 0 Å². The van der Waals surface area contributed by atoms with Crippen LogP contribution in [-0.4, -0.2) is 13.1 Å². The minimum Gasteiger partial charge on any atom is -0.316 e. The summed E-state index contributed by atoms with van der Waals surface area (Å²) >= 11 is 0. The zero-order valence-electron chi connectivity index (χ0n) is 9.60. The fourth-order valence-electron chi connectivity index (χ4n) is 3.21. The molecule has 2 unspecified atom stereocenters. The van der Waals surface area contributed by atoms with E-state index in [9.17, 15) is 0 Å². The maximum absolute atomic E-state index is 3.70. The minimum atomic E-state index is 0.978. The van der Waals surface area contributed by atoms with E-state index in [-0.39, 0.29) is 0 Å². The summed E-state index contributed by atoms with van der Waals surface area (Å²) in [6, 6.07) is 0. The molecule has 2 aliphatic carbocycles. The van der Waals surface area contributed by atoms with E-state index >= 15 is 0 Å². The molecule has 1 nitrogen and oxygen atoms in total. The zero-order chi connectivity index (χ0) is 9.80. The average molecular weight is 195 g/mol. The van der Waals surface area contributed by atoms with Crippen LogP contribution in [0, 0.1) is 17.8 Å². The summed E-state index contributed by atoms with van der Waals surface area (Å²) in [6.07, 6.45) is 10.3. The van der Waals surface area contributed by atoms with Gasteiger partial charge in [0.1, 0.15) is 0 Å². The molecule has 0 heterocycles. The lowest BCUT2D eigenvalue weighted by molar-refractivity contribution is 0.373. The van der Waals surface area contributed by atoms with Crippen molar-refractivity contribution in [2.45, 2.75) is 51.9 Å². The van der Waals surface area contributed by atoms with E-state index in [4.69, 9.17) is 0 Å². The molecule has 0 amide bonds. The van der Waals surface area contributed by atoms with E-state index in [1.807, 2.05) is 0 Å². The first-order chi connectivity index (χ1) is 6.86. The van der Waals surface area contributed by atoms with E-state index in [2.05, 4.69) is 12.2 Å². The lowest BCUT2D eigenvalue weighted by atomic mass is 9.98. The molecule has 0 bridgehead atoms. The molecule has 2 fully saturated rings. The molecule has 1 N–H and O–H groups in total. The Labute approximate surface area is 88.7 Å². The quantitative estimate of drug-likeness (QED) is 0.726. The number of rotatable bonds is 4. The van der Waals surface area contributed by atoms with Gasteiger partial charge in [-0.15, -0.1) is 0 Å². The first-order valence-corrected chi connectivity index (χ1v) is 6.57. The summed E-state index contributed by atoms with van der Waals surface area (Å²) in [5.41, 5.74) is 0. The summed E-state index contributed by atoms with van der Waals surface area (Å²) in [5.74, 6) is 2.97. The number of nitrogens with one attached hydrogen (secondary N) is 1. The monoisotopic (exact) mass is 195 g/mol. The highest BCUT2D eigenvalue weighted by Gasteiger charge is 2.23. The van der Waals surface area contributed by atoms with E-state index in [1.165, 1.54) is 58.0 Å². The molecule has 0 saturated heterocycles. The maximum atomic E-state index is 3.70. The molecule has 1 heteroatoms. The molecule has 2 aliphatic rings. The molecule has 0 aromatic rings. The van der Waals surface area contributed by atoms with E-state index in [0.29, 0.717) is 0 Å². The third-order valence-corrected chi connectivity index (χ3v) is 4.35. The van der Waals surface area contributed by atoms with Crippen molar-refractivity contribution < 1.29 is 0 Å². The molecule has 0 spiro atoms. The van der Waals surface area contributed by atoms with Crippen LogP contribution in [0.2, 0.25) is 0 Å². The van der Waals surface area contributed by atoms with Gasteiger partial charge in [-0.05, 0) is 50.1 Å². The summed E-state index contributed by atoms with van der Waals surface area (Å²) in [7, 11) is 0. The van der Waals surface area contributed by atoms with Crippen molar-refractivity contribution in [2.75, 3.05) is 13.1 Å². The largest absolute Gasteiger partial charge is 0.316 e. The summed E-state index contributed by atoms with van der Waals surface area (Å²) in [4.78, 5) is 0. The van der Waals surface area contributed by atoms with E-state index < -0.39 is 0 Å². The van der Waals surface area contributed by atoms with Crippen LogP contribution in [0.3, 0.4) is 0 Å². The van der Waals surface area contributed by atoms with Gasteiger partial charge in [0, 0.05) is 0 Å². The molecule has 0 radical (unpaired) electrons. The summed E-state index contributed by atoms with van der Waals surface area (Å²) < 4.78 is 0. The maximum Gasteiger partial charge on any atom is -0.00179 e. The van der Waals surface area contributed by atoms with Crippen molar-refractivity contribution >= 4 is 0 Å². The minimum absolute atomic E-state index is 0.978. The second-order valence-electron chi connectivity index (χ2n) is 5.48. The van der Waals surface area contributed by atoms with Gasteiger partial charge in [-0.25, -0.2) is 0 Å². The lowest BCUT2D eigenvalue weighted by Gasteiger charge is -2.17. The molecular weight excluding hydrogens is 170 g/mol. The molecule has 14 heavy (non-hydrogen) atoms. The van der Waals surface area contributed by atoms with Crippen LogP contribution in [0.15, 0.2) is 0 Å². The van der Waals surface area contributed by atoms with Gasteiger partial charge >= 0.3 is 0 Å². The van der Waals surface area contributed by atoms with Crippen LogP contribution in [-0.2, 0) is 0 Å². The Morgan fingerprint density at radius 3 is 2.36 bits per heavy atom. The van der Waals surface area contributed by atoms with E-state index in [0.717, 1.165) is 17.8 Å². The Balaban J connectivity index is 1.57. The molecular formula is C13H25N. The highest BCUT2D eigenvalue weighted by molar-refractivity contribution is 4.77. The Kier molecular flexibility index (Phi) is 3.86. The van der Waals surface area contributed by atoms with Gasteiger partial charge in [-0.2, -0.15) is 0 Å². The van der Waals surface area contributed by atoms with Gasteiger partial charge in [0.15, 0.2) is 0 Å². The fraction of sp³-hybridized carbons (Fsp3) is 1.00. The van der Waals surface area contributed by atoms with Crippen molar-refractivity contribution in [2.24, 2.45) is 17.8 Å². The average Bonchev–Trinajstić information content (AvgIpc) is 2.78. The number of hydrogen-bond donors (Lipinski definition) is 1. The predicted molar refractivity (Wildman–Crippen MR) is 61.3 cm³/mol. The van der Waals surface area contributed by atoms with Crippen molar-refractivity contribution in [1.29, 1.82) is 0 Å². The number of hydrogen-bond acceptors (Lipinski definition) is 1. The fourth-order valence-corrected chi connectivity index (χ4v) is 3.21. The second-order valence-corrected chi connectivity index (χ2v) is 5.48. The van der Waals surface area contributed by atoms with Crippen molar-refractivity contribution in [1.82, 2.24) is 5.32 Å². The molecule has 0 aromatic heterocycles. The molecule has 2 saturated carbocycles. The molecule has 2 rings (SSSR count). The Hall–Kier alpha value is -0.0400. The molecule has 0 aliphatic heterocycles. The van der Waals surface area contributed by atoms with Crippen molar-refractivity contribution in [3.63, 3.8) is 0 Å². The van der Waals surface area contributed by atoms with Crippen LogP contribution in [0.1, 0.15) is 51.9 Å². The van der Waals surface area contributed by atoms with Crippen molar-refractivity contribution in [3.8, 4) is 0 Å². The van der Waals surface area contributed by atoms with Crippen LogP contribution >= 0.6 is 0 Å². The Morgan fingerprint density at radius 1 is 0.929 bits per heavy atom. The first-order valence-electron chi connectivity index (χ1n) is 6.57. The third-order valence-electron chi connectivity index (χ3n) is 4.35. The molecule has 82 valence electrons. The van der Waals surface area contributed by atoms with Crippen LogP contribution in [0.5, 0.6) is 0 Å². The topological polar surface area (TPSA) is 12.0 Å². The SMILES string of the molecule is CC1CCCC1CNCC1CCCC1. The van der Waals surface area contributed by atoms with Gasteiger partial charge in [-0.1, -0.05) is 32.6 Å². The van der Waals surface area contributed by atoms with Crippen LogP contribution in [0.25, 0.3) is 0 Å². The normalized spacial score (nSPS) is 34.1. The molecule has 2 atom stereocenters. The van der Waals surface area contributed by atoms with E-state index in [1.54, 1.807) is 0 Å². The van der Waals surface area contributed by atoms with Gasteiger partial charge in [0.25, 0.3) is 0 Å². The van der Waals surface area contributed by atoms with Crippen LogP contribution < -0.4 is 5.32 Å². The summed E-state index contributed by atoms with van der Waals surface area (Å²) in [5, 5.41) is 3.70. The standard InChI is InChI=1S/C13H25N/c1-11-5-4-8-13(11)10-14-9-12-6-2-3-7-12/h11-14H,2-10H2,1H3. The third kappa shape index (κ3) is 2.73. The first kappa shape index (κ1) is 10.5. The predicted octanol–water partition coefficient (Wildman–Crippen LogP) is 3.20. The zero-order valence-corrected chi connectivity index (χ0v) is 9.60. The molecule has 0 aromatic carbocycles.